The van der Waals surface area contributed by atoms with E-state index in [0.29, 0.717) is 12.2 Å². The summed E-state index contributed by atoms with van der Waals surface area (Å²) in [6, 6.07) is 7.65. The molecule has 1 saturated carbocycles. The lowest BCUT2D eigenvalue weighted by Crippen LogP contribution is -2.12. The monoisotopic (exact) mass is 468 g/mol. The van der Waals surface area contributed by atoms with Crippen LogP contribution in [0.5, 0.6) is 5.75 Å². The van der Waals surface area contributed by atoms with Gasteiger partial charge >= 0.3 is 0 Å². The van der Waals surface area contributed by atoms with Crippen molar-refractivity contribution in [2.24, 2.45) is 5.92 Å². The minimum atomic E-state index is -0.899. The van der Waals surface area contributed by atoms with E-state index < -0.39 is 6.17 Å². The Kier molecular flexibility index (Phi) is 12.4. The zero-order valence-corrected chi connectivity index (χ0v) is 21.3. The Morgan fingerprint density at radius 1 is 0.882 bits per heavy atom. The second-order valence-corrected chi connectivity index (χ2v) is 10.2. The second kappa shape index (κ2) is 15.8. The van der Waals surface area contributed by atoms with Crippen molar-refractivity contribution in [1.29, 1.82) is 0 Å². The third kappa shape index (κ3) is 10.1. The largest absolute Gasteiger partial charge is 0.491 e. The van der Waals surface area contributed by atoms with Crippen molar-refractivity contribution in [2.75, 3.05) is 6.61 Å². The van der Waals surface area contributed by atoms with Gasteiger partial charge in [0.15, 0.2) is 5.82 Å². The predicted octanol–water partition coefficient (Wildman–Crippen LogP) is 8.90. The van der Waals surface area contributed by atoms with Gasteiger partial charge in [-0.1, -0.05) is 90.4 Å². The topological polar surface area (TPSA) is 35.0 Å². The third-order valence-electron chi connectivity index (χ3n) is 7.17. The highest BCUT2D eigenvalue weighted by Crippen LogP contribution is 2.29. The molecule has 0 N–H and O–H groups in total. The highest BCUT2D eigenvalue weighted by atomic mass is 19.1. The molecule has 0 aliphatic heterocycles. The van der Waals surface area contributed by atoms with Crippen molar-refractivity contribution < 1.29 is 9.13 Å². The summed E-state index contributed by atoms with van der Waals surface area (Å²) in [6.07, 6.45) is 23.0. The first-order chi connectivity index (χ1) is 16.7. The number of ether oxygens (including phenoxy) is 1. The lowest BCUT2D eigenvalue weighted by atomic mass is 9.99. The average Bonchev–Trinajstić information content (AvgIpc) is 3.39. The molecule has 2 aromatic rings. The molecule has 1 fully saturated rings. The van der Waals surface area contributed by atoms with E-state index in [1.807, 2.05) is 36.7 Å². The van der Waals surface area contributed by atoms with Gasteiger partial charge in [-0.2, -0.15) is 0 Å². The molecule has 1 heterocycles. The van der Waals surface area contributed by atoms with E-state index in [0.717, 1.165) is 36.6 Å². The number of hydrogen-bond donors (Lipinski definition) is 0. The molecule has 188 valence electrons. The van der Waals surface area contributed by atoms with Gasteiger partial charge in [0.1, 0.15) is 18.5 Å². The number of aromatic nitrogens is 2. The number of aryl methyl sites for hydroxylation is 1. The number of benzene rings is 1. The summed E-state index contributed by atoms with van der Waals surface area (Å²) in [5.41, 5.74) is 2.17. The smallest absolute Gasteiger partial charge is 0.159 e. The molecule has 4 heteroatoms. The van der Waals surface area contributed by atoms with Crippen LogP contribution in [0.3, 0.4) is 0 Å². The fourth-order valence-corrected chi connectivity index (χ4v) is 4.99. The van der Waals surface area contributed by atoms with Gasteiger partial charge in [-0.3, -0.25) is 0 Å². The van der Waals surface area contributed by atoms with Crippen LogP contribution in [0.25, 0.3) is 11.4 Å². The molecular weight excluding hydrogens is 423 g/mol. The summed E-state index contributed by atoms with van der Waals surface area (Å²) >= 11 is 0. The summed E-state index contributed by atoms with van der Waals surface area (Å²) < 4.78 is 19.6. The molecule has 1 unspecified atom stereocenters. The quantitative estimate of drug-likeness (QED) is 0.217. The molecule has 1 aliphatic rings. The van der Waals surface area contributed by atoms with Crippen LogP contribution < -0.4 is 4.74 Å². The fraction of sp³-hybridized carbons (Fsp3) is 0.667. The number of halogens is 1. The van der Waals surface area contributed by atoms with Crippen LogP contribution in [0.15, 0.2) is 36.7 Å². The van der Waals surface area contributed by atoms with Crippen LogP contribution in [0, 0.1) is 5.92 Å². The molecule has 0 saturated heterocycles. The van der Waals surface area contributed by atoms with E-state index in [-0.39, 0.29) is 6.61 Å². The van der Waals surface area contributed by atoms with Gasteiger partial charge in [0, 0.05) is 18.0 Å². The van der Waals surface area contributed by atoms with Crippen LogP contribution in [-0.4, -0.2) is 22.7 Å². The first-order valence-corrected chi connectivity index (χ1v) is 13.9. The zero-order valence-electron chi connectivity index (χ0n) is 21.3. The summed E-state index contributed by atoms with van der Waals surface area (Å²) in [5, 5.41) is 0. The van der Waals surface area contributed by atoms with Crippen molar-refractivity contribution in [3.05, 3.63) is 42.2 Å². The first kappa shape index (κ1) is 26.6. The normalized spacial score (nSPS) is 15.0. The number of unbranched alkanes of at least 4 members (excludes halogenated alkanes) is 7. The van der Waals surface area contributed by atoms with Gasteiger partial charge in [0.25, 0.3) is 0 Å². The lowest BCUT2D eigenvalue weighted by Gasteiger charge is -2.11. The SMILES string of the molecule is CCCCCCC(F)COc1ccc(-c2ncc(CCCCCCCC3CCCC3)cn2)cc1. The lowest BCUT2D eigenvalue weighted by molar-refractivity contribution is 0.184. The summed E-state index contributed by atoms with van der Waals surface area (Å²) in [4.78, 5) is 9.12. The first-order valence-electron chi connectivity index (χ1n) is 13.9. The minimum absolute atomic E-state index is 0.122. The minimum Gasteiger partial charge on any atom is -0.491 e. The maximum absolute atomic E-state index is 14.0. The Bertz CT molecular complexity index is 771. The highest BCUT2D eigenvalue weighted by molar-refractivity contribution is 5.55. The molecule has 34 heavy (non-hydrogen) atoms. The maximum Gasteiger partial charge on any atom is 0.159 e. The van der Waals surface area contributed by atoms with E-state index in [9.17, 15) is 4.39 Å². The zero-order chi connectivity index (χ0) is 23.8. The van der Waals surface area contributed by atoms with Gasteiger partial charge in [-0.15, -0.1) is 0 Å². The predicted molar refractivity (Wildman–Crippen MR) is 140 cm³/mol. The average molecular weight is 469 g/mol. The van der Waals surface area contributed by atoms with Crippen LogP contribution >= 0.6 is 0 Å². The van der Waals surface area contributed by atoms with Gasteiger partial charge in [0.2, 0.25) is 0 Å². The summed E-state index contributed by atoms with van der Waals surface area (Å²) in [5.74, 6) is 2.45. The van der Waals surface area contributed by atoms with Crippen LogP contribution in [-0.2, 0) is 6.42 Å². The second-order valence-electron chi connectivity index (χ2n) is 10.2. The Morgan fingerprint density at radius 3 is 2.29 bits per heavy atom. The standard InChI is InChI=1S/C30H45FN2O/c1-2-3-4-10-17-28(31)24-34-29-20-18-27(19-21-29)30-32-22-26(23-33-30)16-9-7-5-6-8-13-25-14-11-12-15-25/h18-23,25,28H,2-17,24H2,1H3. The molecule has 0 amide bonds. The van der Waals surface area contributed by atoms with Crippen molar-refractivity contribution >= 4 is 0 Å². The van der Waals surface area contributed by atoms with Gasteiger partial charge < -0.3 is 4.74 Å². The Hall–Kier alpha value is -1.97. The maximum atomic E-state index is 14.0. The van der Waals surface area contributed by atoms with Crippen LogP contribution in [0.2, 0.25) is 0 Å². The number of alkyl halides is 1. The van der Waals surface area contributed by atoms with Gasteiger partial charge in [-0.05, 0) is 55.0 Å². The molecule has 1 aromatic heterocycles. The van der Waals surface area contributed by atoms with E-state index >= 15 is 0 Å². The van der Waals surface area contributed by atoms with Crippen molar-refractivity contribution in [2.45, 2.75) is 116 Å². The number of nitrogens with zero attached hydrogens (tertiary/aromatic N) is 2. The number of hydrogen-bond acceptors (Lipinski definition) is 3. The van der Waals surface area contributed by atoms with Crippen molar-refractivity contribution in [1.82, 2.24) is 9.97 Å². The van der Waals surface area contributed by atoms with E-state index in [2.05, 4.69) is 16.9 Å². The molecule has 0 spiro atoms. The molecular formula is C30H45FN2O. The summed E-state index contributed by atoms with van der Waals surface area (Å²) in [6.45, 7) is 2.29. The van der Waals surface area contributed by atoms with Crippen molar-refractivity contribution in [3.8, 4) is 17.1 Å². The molecule has 0 radical (unpaired) electrons. The Morgan fingerprint density at radius 2 is 1.56 bits per heavy atom. The van der Waals surface area contributed by atoms with E-state index in [1.54, 1.807) is 0 Å². The Balaban J connectivity index is 1.30. The Labute approximate surface area is 206 Å². The molecule has 3 rings (SSSR count). The molecule has 3 nitrogen and oxygen atoms in total. The van der Waals surface area contributed by atoms with Gasteiger partial charge in [0.05, 0.1) is 0 Å². The number of rotatable bonds is 17. The van der Waals surface area contributed by atoms with E-state index in [4.69, 9.17) is 4.74 Å². The fourth-order valence-electron chi connectivity index (χ4n) is 4.99. The van der Waals surface area contributed by atoms with Crippen LogP contribution in [0.4, 0.5) is 4.39 Å². The van der Waals surface area contributed by atoms with Gasteiger partial charge in [-0.25, -0.2) is 14.4 Å². The third-order valence-corrected chi connectivity index (χ3v) is 7.17. The van der Waals surface area contributed by atoms with Crippen LogP contribution in [0.1, 0.15) is 109 Å². The molecule has 1 aliphatic carbocycles. The summed E-state index contributed by atoms with van der Waals surface area (Å²) in [7, 11) is 0. The van der Waals surface area contributed by atoms with Crippen molar-refractivity contribution in [3.63, 3.8) is 0 Å². The van der Waals surface area contributed by atoms with E-state index in [1.165, 1.54) is 82.6 Å². The molecule has 1 aromatic carbocycles. The molecule has 1 atom stereocenters. The molecule has 0 bridgehead atoms. The highest BCUT2D eigenvalue weighted by Gasteiger charge is 2.13.